The Hall–Kier alpha value is -2.77. The van der Waals surface area contributed by atoms with E-state index in [9.17, 15) is 9.59 Å². The highest BCUT2D eigenvalue weighted by Gasteiger charge is 2.11. The molecule has 8 nitrogen and oxygen atoms in total. The molecule has 0 aromatic heterocycles. The Morgan fingerprint density at radius 1 is 1.19 bits per heavy atom. The number of hydrogen-bond donors (Lipinski definition) is 2. The summed E-state index contributed by atoms with van der Waals surface area (Å²) in [5, 5.41) is 22.2. The van der Waals surface area contributed by atoms with Crippen LogP contribution in [0.25, 0.3) is 0 Å². The highest BCUT2D eigenvalue weighted by molar-refractivity contribution is 5.84. The molecule has 1 aromatic carbocycles. The molecular weight excluding hydrogens is 280 g/mol. The summed E-state index contributed by atoms with van der Waals surface area (Å²) in [4.78, 5) is 21.3. The number of nitrogens with zero attached hydrogens (tertiary/aromatic N) is 2. The molecule has 1 aromatic rings. The molecule has 0 amide bonds. The van der Waals surface area contributed by atoms with Crippen LogP contribution in [0.1, 0.15) is 5.56 Å². The van der Waals surface area contributed by atoms with Crippen LogP contribution in [0.3, 0.4) is 0 Å². The summed E-state index contributed by atoms with van der Waals surface area (Å²) in [6, 6.07) is 5.00. The molecule has 2 N–H and O–H groups in total. The van der Waals surface area contributed by atoms with Gasteiger partial charge in [0.2, 0.25) is 0 Å². The van der Waals surface area contributed by atoms with Crippen molar-refractivity contribution >= 4 is 18.2 Å². The Labute approximate surface area is 121 Å². The number of ether oxygens (including phenoxy) is 2. The molecule has 1 rings (SSSR count). The van der Waals surface area contributed by atoms with Crippen molar-refractivity contribution in [2.45, 2.75) is 0 Å². The first-order chi connectivity index (χ1) is 9.96. The average molecular weight is 296 g/mol. The molecule has 0 fully saturated rings. The van der Waals surface area contributed by atoms with E-state index in [0.717, 1.165) is 5.01 Å². The molecule has 114 valence electrons. The first kappa shape index (κ1) is 16.3. The van der Waals surface area contributed by atoms with E-state index in [1.807, 2.05) is 0 Å². The van der Waals surface area contributed by atoms with E-state index in [1.54, 1.807) is 18.2 Å². The fourth-order valence-electron chi connectivity index (χ4n) is 1.53. The van der Waals surface area contributed by atoms with Gasteiger partial charge in [0, 0.05) is 5.56 Å². The fraction of sp³-hybridized carbons (Fsp3) is 0.308. The molecule has 0 aliphatic rings. The van der Waals surface area contributed by atoms with Crippen molar-refractivity contribution in [2.24, 2.45) is 5.10 Å². The fourth-order valence-corrected chi connectivity index (χ4v) is 1.53. The van der Waals surface area contributed by atoms with Crippen molar-refractivity contribution in [3.8, 4) is 11.5 Å². The summed E-state index contributed by atoms with van der Waals surface area (Å²) in [6.07, 6.45) is 1.33. The molecular formula is C13H16N2O6. The van der Waals surface area contributed by atoms with Crippen molar-refractivity contribution in [1.82, 2.24) is 5.01 Å². The summed E-state index contributed by atoms with van der Waals surface area (Å²) in [7, 11) is 2.98. The molecule has 0 saturated heterocycles. The molecule has 0 atom stereocenters. The normalized spacial score (nSPS) is 10.4. The number of aliphatic carboxylic acids is 2. The van der Waals surface area contributed by atoms with Crippen LogP contribution in [0, 0.1) is 0 Å². The molecule has 0 unspecified atom stereocenters. The van der Waals surface area contributed by atoms with E-state index in [2.05, 4.69) is 5.10 Å². The lowest BCUT2D eigenvalue weighted by Crippen LogP contribution is -2.30. The number of carboxylic acids is 2. The van der Waals surface area contributed by atoms with Gasteiger partial charge in [-0.05, 0) is 18.2 Å². The first-order valence-corrected chi connectivity index (χ1v) is 5.90. The van der Waals surface area contributed by atoms with E-state index in [4.69, 9.17) is 19.7 Å². The lowest BCUT2D eigenvalue weighted by molar-refractivity contribution is -0.141. The van der Waals surface area contributed by atoms with Gasteiger partial charge in [-0.2, -0.15) is 5.10 Å². The van der Waals surface area contributed by atoms with Crippen molar-refractivity contribution in [3.63, 3.8) is 0 Å². The quantitative estimate of drug-likeness (QED) is 0.531. The molecule has 0 spiro atoms. The van der Waals surface area contributed by atoms with Gasteiger partial charge < -0.3 is 19.7 Å². The summed E-state index contributed by atoms with van der Waals surface area (Å²) in [6.45, 7) is -1.04. The second-order valence-corrected chi connectivity index (χ2v) is 3.96. The van der Waals surface area contributed by atoms with Crippen molar-refractivity contribution in [3.05, 3.63) is 23.8 Å². The zero-order chi connectivity index (χ0) is 15.8. The van der Waals surface area contributed by atoms with E-state index >= 15 is 0 Å². The van der Waals surface area contributed by atoms with Crippen LogP contribution in [-0.4, -0.2) is 60.7 Å². The lowest BCUT2D eigenvalue weighted by Gasteiger charge is -2.14. The second-order valence-electron chi connectivity index (χ2n) is 3.96. The topological polar surface area (TPSA) is 109 Å². The summed E-state index contributed by atoms with van der Waals surface area (Å²) in [5.41, 5.74) is 0.539. The van der Waals surface area contributed by atoms with Gasteiger partial charge in [-0.3, -0.25) is 14.6 Å². The van der Waals surface area contributed by atoms with Gasteiger partial charge in [0.25, 0.3) is 0 Å². The number of carbonyl (C=O) groups is 2. The Morgan fingerprint density at radius 2 is 1.81 bits per heavy atom. The minimum absolute atomic E-state index is 0.505. The maximum atomic E-state index is 10.7. The lowest BCUT2D eigenvalue weighted by atomic mass is 10.2. The van der Waals surface area contributed by atoms with Crippen LogP contribution in [-0.2, 0) is 9.59 Å². The Morgan fingerprint density at radius 3 is 2.29 bits per heavy atom. The Balaban J connectivity index is 2.98. The minimum atomic E-state index is -1.17. The first-order valence-electron chi connectivity index (χ1n) is 5.90. The highest BCUT2D eigenvalue weighted by Crippen LogP contribution is 2.22. The molecule has 0 aliphatic heterocycles. The third-order valence-electron chi connectivity index (χ3n) is 2.43. The molecule has 0 bridgehead atoms. The number of hydrogen-bond acceptors (Lipinski definition) is 6. The molecule has 8 heteroatoms. The van der Waals surface area contributed by atoms with Crippen LogP contribution in [0.5, 0.6) is 11.5 Å². The number of rotatable bonds is 8. The van der Waals surface area contributed by atoms with Gasteiger partial charge in [-0.15, -0.1) is 0 Å². The van der Waals surface area contributed by atoms with Gasteiger partial charge >= 0.3 is 11.9 Å². The van der Waals surface area contributed by atoms with Gasteiger partial charge in [0.1, 0.15) is 24.6 Å². The minimum Gasteiger partial charge on any atom is -0.497 e. The molecule has 0 saturated carbocycles. The monoisotopic (exact) mass is 296 g/mol. The van der Waals surface area contributed by atoms with Gasteiger partial charge in [-0.25, -0.2) is 0 Å². The zero-order valence-electron chi connectivity index (χ0n) is 11.6. The Bertz CT molecular complexity index is 527. The van der Waals surface area contributed by atoms with E-state index < -0.39 is 25.0 Å². The molecule has 0 heterocycles. The highest BCUT2D eigenvalue weighted by atomic mass is 16.5. The zero-order valence-corrected chi connectivity index (χ0v) is 11.6. The number of carboxylic acid groups (broad SMARTS) is 2. The number of methoxy groups -OCH3 is 2. The van der Waals surface area contributed by atoms with Crippen molar-refractivity contribution < 1.29 is 29.3 Å². The predicted molar refractivity (Wildman–Crippen MR) is 74.0 cm³/mol. The standard InChI is InChI=1S/C13H16N2O6/c1-20-10-3-4-11(21-2)9(5-10)6-14-15(7-12(16)17)8-13(18)19/h3-6H,7-8H2,1-2H3,(H,16,17)(H,18,19)/b14-6-. The average Bonchev–Trinajstić information content (AvgIpc) is 2.43. The van der Waals surface area contributed by atoms with Crippen LogP contribution >= 0.6 is 0 Å². The van der Waals surface area contributed by atoms with Gasteiger partial charge in [0.05, 0.1) is 20.4 Å². The van der Waals surface area contributed by atoms with Gasteiger partial charge in [-0.1, -0.05) is 0 Å². The summed E-state index contributed by atoms with van der Waals surface area (Å²) >= 11 is 0. The van der Waals surface area contributed by atoms with Crippen LogP contribution in [0.2, 0.25) is 0 Å². The van der Waals surface area contributed by atoms with Crippen molar-refractivity contribution in [2.75, 3.05) is 27.3 Å². The second kappa shape index (κ2) is 7.73. The third kappa shape index (κ3) is 5.39. The molecule has 21 heavy (non-hydrogen) atoms. The van der Waals surface area contributed by atoms with E-state index in [-0.39, 0.29) is 0 Å². The number of benzene rings is 1. The maximum absolute atomic E-state index is 10.7. The van der Waals surface area contributed by atoms with Crippen LogP contribution < -0.4 is 9.47 Å². The third-order valence-corrected chi connectivity index (χ3v) is 2.43. The largest absolute Gasteiger partial charge is 0.497 e. The maximum Gasteiger partial charge on any atom is 0.324 e. The summed E-state index contributed by atoms with van der Waals surface area (Å²) in [5.74, 6) is -1.28. The molecule has 0 radical (unpaired) electrons. The summed E-state index contributed by atoms with van der Waals surface area (Å²) < 4.78 is 10.2. The van der Waals surface area contributed by atoms with Crippen LogP contribution in [0.15, 0.2) is 23.3 Å². The predicted octanol–water partition coefficient (Wildman–Crippen LogP) is 0.509. The molecule has 0 aliphatic carbocycles. The van der Waals surface area contributed by atoms with Gasteiger partial charge in [0.15, 0.2) is 0 Å². The number of hydrazone groups is 1. The van der Waals surface area contributed by atoms with Crippen molar-refractivity contribution in [1.29, 1.82) is 0 Å². The SMILES string of the molecule is COc1ccc(OC)c(/C=N\N(CC(=O)O)CC(=O)O)c1. The van der Waals surface area contributed by atoms with Crippen LogP contribution in [0.4, 0.5) is 0 Å². The Kier molecular flexibility index (Phi) is 5.99. The van der Waals surface area contributed by atoms with E-state index in [1.165, 1.54) is 20.4 Å². The van der Waals surface area contributed by atoms with E-state index in [0.29, 0.717) is 17.1 Å². The smallest absolute Gasteiger partial charge is 0.324 e.